The first kappa shape index (κ1) is 9.04. The topological polar surface area (TPSA) is 24.4 Å². The summed E-state index contributed by atoms with van der Waals surface area (Å²) < 4.78 is 0. The van der Waals surface area contributed by atoms with Crippen LogP contribution in [0.1, 0.15) is 46.0 Å². The smallest absolute Gasteiger partial charge is 0.0967 e. The van der Waals surface area contributed by atoms with Gasteiger partial charge < -0.3 is 5.32 Å². The van der Waals surface area contributed by atoms with E-state index in [1.807, 2.05) is 0 Å². The SMILES string of the molecule is CC(C)(NC1=NCCCC1)C1CC1. The lowest BCUT2D eigenvalue weighted by Gasteiger charge is -2.29. The molecule has 13 heavy (non-hydrogen) atoms. The molecule has 2 rings (SSSR count). The van der Waals surface area contributed by atoms with Gasteiger partial charge in [0.25, 0.3) is 0 Å². The van der Waals surface area contributed by atoms with Crippen molar-refractivity contribution in [2.24, 2.45) is 10.9 Å². The fraction of sp³-hybridized carbons (Fsp3) is 0.909. The Kier molecular flexibility index (Phi) is 2.31. The van der Waals surface area contributed by atoms with Crippen molar-refractivity contribution in [1.29, 1.82) is 0 Å². The van der Waals surface area contributed by atoms with Gasteiger partial charge in [-0.25, -0.2) is 0 Å². The van der Waals surface area contributed by atoms with Crippen LogP contribution in [-0.4, -0.2) is 17.9 Å². The van der Waals surface area contributed by atoms with E-state index in [-0.39, 0.29) is 5.54 Å². The van der Waals surface area contributed by atoms with Gasteiger partial charge in [0.2, 0.25) is 0 Å². The lowest BCUT2D eigenvalue weighted by molar-refractivity contribution is 0.396. The Morgan fingerprint density at radius 3 is 2.62 bits per heavy atom. The first-order valence-electron chi connectivity index (χ1n) is 5.50. The van der Waals surface area contributed by atoms with Gasteiger partial charge in [-0.3, -0.25) is 4.99 Å². The zero-order chi connectivity index (χ0) is 9.31. The van der Waals surface area contributed by atoms with E-state index in [0.29, 0.717) is 0 Å². The van der Waals surface area contributed by atoms with E-state index in [9.17, 15) is 0 Å². The minimum Gasteiger partial charge on any atom is -0.369 e. The summed E-state index contributed by atoms with van der Waals surface area (Å²) in [6.45, 7) is 5.65. The molecule has 0 aromatic heterocycles. The second kappa shape index (κ2) is 3.32. The predicted octanol–water partition coefficient (Wildman–Crippen LogP) is 2.35. The van der Waals surface area contributed by atoms with Gasteiger partial charge in [-0.1, -0.05) is 0 Å². The van der Waals surface area contributed by atoms with Gasteiger partial charge in [-0.2, -0.15) is 0 Å². The first-order valence-corrected chi connectivity index (χ1v) is 5.50. The molecule has 74 valence electrons. The summed E-state index contributed by atoms with van der Waals surface area (Å²) in [5.41, 5.74) is 0.288. The summed E-state index contributed by atoms with van der Waals surface area (Å²) in [4.78, 5) is 4.53. The Hall–Kier alpha value is -0.530. The molecule has 0 aromatic rings. The van der Waals surface area contributed by atoms with Gasteiger partial charge in [-0.05, 0) is 45.4 Å². The Labute approximate surface area is 80.8 Å². The van der Waals surface area contributed by atoms with Crippen LogP contribution in [0.15, 0.2) is 4.99 Å². The number of aliphatic imine (C=N–C) groups is 1. The van der Waals surface area contributed by atoms with E-state index in [1.165, 1.54) is 31.5 Å². The number of amidine groups is 1. The zero-order valence-corrected chi connectivity index (χ0v) is 8.77. The molecule has 0 atom stereocenters. The number of nitrogens with zero attached hydrogens (tertiary/aromatic N) is 1. The molecule has 1 N–H and O–H groups in total. The molecule has 0 radical (unpaired) electrons. The van der Waals surface area contributed by atoms with Crippen LogP contribution in [0.3, 0.4) is 0 Å². The monoisotopic (exact) mass is 180 g/mol. The molecular weight excluding hydrogens is 160 g/mol. The molecule has 2 heteroatoms. The van der Waals surface area contributed by atoms with Gasteiger partial charge >= 0.3 is 0 Å². The van der Waals surface area contributed by atoms with Crippen LogP contribution in [0, 0.1) is 5.92 Å². The van der Waals surface area contributed by atoms with Crippen molar-refractivity contribution in [3.63, 3.8) is 0 Å². The molecule has 0 amide bonds. The number of nitrogens with one attached hydrogen (secondary N) is 1. The van der Waals surface area contributed by atoms with Crippen LogP contribution in [-0.2, 0) is 0 Å². The predicted molar refractivity (Wildman–Crippen MR) is 56.1 cm³/mol. The van der Waals surface area contributed by atoms with Crippen molar-refractivity contribution >= 4 is 5.84 Å². The minimum absolute atomic E-state index is 0.288. The largest absolute Gasteiger partial charge is 0.369 e. The highest BCUT2D eigenvalue weighted by molar-refractivity contribution is 5.83. The molecule has 0 saturated heterocycles. The average Bonchev–Trinajstić information content (AvgIpc) is 2.87. The zero-order valence-electron chi connectivity index (χ0n) is 8.77. The normalized spacial score (nSPS) is 24.0. The van der Waals surface area contributed by atoms with Crippen LogP contribution in [0.2, 0.25) is 0 Å². The third-order valence-electron chi connectivity index (χ3n) is 3.19. The molecule has 1 aliphatic heterocycles. The standard InChI is InChI=1S/C11H20N2/c1-11(2,9-6-7-9)13-10-5-3-4-8-12-10/h9H,3-8H2,1-2H3,(H,12,13). The lowest BCUT2D eigenvalue weighted by atomic mass is 9.98. The summed E-state index contributed by atoms with van der Waals surface area (Å²) in [5.74, 6) is 2.14. The summed E-state index contributed by atoms with van der Waals surface area (Å²) >= 11 is 0. The van der Waals surface area contributed by atoms with Gasteiger partial charge in [-0.15, -0.1) is 0 Å². The van der Waals surface area contributed by atoms with Gasteiger partial charge in [0.15, 0.2) is 0 Å². The number of hydrogen-bond acceptors (Lipinski definition) is 2. The van der Waals surface area contributed by atoms with Gasteiger partial charge in [0.05, 0.1) is 5.84 Å². The van der Waals surface area contributed by atoms with Crippen LogP contribution in [0.5, 0.6) is 0 Å². The third-order valence-corrected chi connectivity index (χ3v) is 3.19. The molecule has 1 saturated carbocycles. The van der Waals surface area contributed by atoms with Crippen LogP contribution in [0.25, 0.3) is 0 Å². The molecule has 0 bridgehead atoms. The highest BCUT2D eigenvalue weighted by Crippen LogP contribution is 2.39. The third kappa shape index (κ3) is 2.23. The maximum Gasteiger partial charge on any atom is 0.0967 e. The average molecular weight is 180 g/mol. The van der Waals surface area contributed by atoms with E-state index in [0.717, 1.165) is 18.9 Å². The molecule has 1 fully saturated rings. The van der Waals surface area contributed by atoms with E-state index in [2.05, 4.69) is 24.2 Å². The molecular formula is C11H20N2. The maximum absolute atomic E-state index is 4.53. The van der Waals surface area contributed by atoms with Gasteiger partial charge in [0.1, 0.15) is 0 Å². The van der Waals surface area contributed by atoms with Crippen molar-refractivity contribution in [3.8, 4) is 0 Å². The van der Waals surface area contributed by atoms with Crippen molar-refractivity contribution in [2.45, 2.75) is 51.5 Å². The Bertz CT molecular complexity index is 214. The summed E-state index contributed by atoms with van der Waals surface area (Å²) in [6, 6.07) is 0. The Morgan fingerprint density at radius 2 is 2.08 bits per heavy atom. The summed E-state index contributed by atoms with van der Waals surface area (Å²) in [5, 5.41) is 3.61. The van der Waals surface area contributed by atoms with E-state index >= 15 is 0 Å². The molecule has 0 unspecified atom stereocenters. The van der Waals surface area contributed by atoms with Crippen LogP contribution < -0.4 is 5.32 Å². The first-order chi connectivity index (χ1) is 6.18. The fourth-order valence-corrected chi connectivity index (χ4v) is 2.08. The minimum atomic E-state index is 0.288. The highest BCUT2D eigenvalue weighted by atomic mass is 15.1. The molecule has 0 aromatic carbocycles. The lowest BCUT2D eigenvalue weighted by Crippen LogP contribution is -2.45. The van der Waals surface area contributed by atoms with Crippen LogP contribution >= 0.6 is 0 Å². The fourth-order valence-electron chi connectivity index (χ4n) is 2.08. The second-order valence-corrected chi connectivity index (χ2v) is 4.91. The maximum atomic E-state index is 4.53. The van der Waals surface area contributed by atoms with Crippen LogP contribution in [0.4, 0.5) is 0 Å². The molecule has 2 nitrogen and oxygen atoms in total. The van der Waals surface area contributed by atoms with Gasteiger partial charge in [0, 0.05) is 18.5 Å². The van der Waals surface area contributed by atoms with Crippen molar-refractivity contribution in [2.75, 3.05) is 6.54 Å². The second-order valence-electron chi connectivity index (χ2n) is 4.91. The summed E-state index contributed by atoms with van der Waals surface area (Å²) in [6.07, 6.45) is 6.54. The quantitative estimate of drug-likeness (QED) is 0.693. The van der Waals surface area contributed by atoms with E-state index < -0.39 is 0 Å². The number of hydrogen-bond donors (Lipinski definition) is 1. The molecule has 0 spiro atoms. The molecule has 2 aliphatic rings. The Morgan fingerprint density at radius 1 is 1.31 bits per heavy atom. The van der Waals surface area contributed by atoms with Crippen molar-refractivity contribution in [3.05, 3.63) is 0 Å². The van der Waals surface area contributed by atoms with Crippen molar-refractivity contribution in [1.82, 2.24) is 5.32 Å². The Balaban J connectivity index is 1.91. The van der Waals surface area contributed by atoms with E-state index in [4.69, 9.17) is 0 Å². The molecule has 1 aliphatic carbocycles. The summed E-state index contributed by atoms with van der Waals surface area (Å²) in [7, 11) is 0. The van der Waals surface area contributed by atoms with Crippen molar-refractivity contribution < 1.29 is 0 Å². The highest BCUT2D eigenvalue weighted by Gasteiger charge is 2.38. The molecule has 1 heterocycles. The number of rotatable bonds is 2. The van der Waals surface area contributed by atoms with E-state index in [1.54, 1.807) is 0 Å².